The Morgan fingerprint density at radius 2 is 1.53 bits per heavy atom. The molecule has 0 fully saturated rings. The van der Waals surface area contributed by atoms with Crippen molar-refractivity contribution in [2.45, 2.75) is 20.1 Å². The lowest BCUT2D eigenvalue weighted by Crippen LogP contribution is -2.25. The summed E-state index contributed by atoms with van der Waals surface area (Å²) in [4.78, 5) is 12.5. The lowest BCUT2D eigenvalue weighted by atomic mass is 10.1. The van der Waals surface area contributed by atoms with Gasteiger partial charge in [-0.3, -0.25) is 4.79 Å². The molecule has 6 nitrogen and oxygen atoms in total. The smallest absolute Gasteiger partial charge is 0.243 e. The second-order valence-corrected chi connectivity index (χ2v) is 7.68. The quantitative estimate of drug-likeness (QED) is 0.460. The molecule has 4 aromatic rings. The molecule has 1 aromatic heterocycles. The molecule has 0 N–H and O–H groups in total. The number of hydrogen-bond donors (Lipinski definition) is 0. The van der Waals surface area contributed by atoms with Gasteiger partial charge in [0.25, 0.3) is 0 Å². The van der Waals surface area contributed by atoms with Gasteiger partial charge in [0.05, 0.1) is 11.3 Å². The van der Waals surface area contributed by atoms with Gasteiger partial charge in [-0.2, -0.15) is 10.1 Å². The Kier molecular flexibility index (Phi) is 5.03. The minimum absolute atomic E-state index is 0.205. The maximum absolute atomic E-state index is 12.5. The summed E-state index contributed by atoms with van der Waals surface area (Å²) in [6.07, 6.45) is 1.20. The number of hydrazone groups is 1. The monoisotopic (exact) mass is 422 g/mol. The van der Waals surface area contributed by atoms with Crippen LogP contribution < -0.4 is 0 Å². The van der Waals surface area contributed by atoms with Crippen LogP contribution in [0, 0.1) is 6.92 Å². The van der Waals surface area contributed by atoms with E-state index in [0.717, 1.165) is 33.6 Å². The summed E-state index contributed by atoms with van der Waals surface area (Å²) in [7, 11) is 0. The van der Waals surface area contributed by atoms with Crippen LogP contribution in [0.15, 0.2) is 96.2 Å². The summed E-state index contributed by atoms with van der Waals surface area (Å²) in [5.74, 6) is 0.205. The van der Waals surface area contributed by atoms with Crippen molar-refractivity contribution in [3.8, 4) is 16.9 Å². The Morgan fingerprint density at radius 1 is 0.875 bits per heavy atom. The van der Waals surface area contributed by atoms with Crippen LogP contribution in [-0.2, 0) is 9.53 Å². The van der Waals surface area contributed by atoms with Crippen molar-refractivity contribution in [2.75, 3.05) is 0 Å². The number of para-hydroxylation sites is 1. The standard InChI is InChI=1S/C26H22N4O2/c1-18-13-15-20(16-14-18)24-23(17-29(27-24)22-11-7-4-8-12-22)26-30(19(2)31)28-25(32-26)21-9-5-3-6-10-21/h3-17,26H,1-2H3. The minimum atomic E-state index is -0.712. The van der Waals surface area contributed by atoms with Gasteiger partial charge in [-0.1, -0.05) is 66.2 Å². The van der Waals surface area contributed by atoms with Crippen molar-refractivity contribution in [3.05, 3.63) is 108 Å². The van der Waals surface area contributed by atoms with Gasteiger partial charge in [-0.15, -0.1) is 5.10 Å². The lowest BCUT2D eigenvalue weighted by molar-refractivity contribution is -0.135. The molecule has 0 saturated carbocycles. The third-order valence-electron chi connectivity index (χ3n) is 5.34. The van der Waals surface area contributed by atoms with Crippen molar-refractivity contribution in [2.24, 2.45) is 5.10 Å². The van der Waals surface area contributed by atoms with Crippen LogP contribution in [0.2, 0.25) is 0 Å². The summed E-state index contributed by atoms with van der Waals surface area (Å²) < 4.78 is 8.06. The molecule has 0 spiro atoms. The predicted octanol–water partition coefficient (Wildman–Crippen LogP) is 5.09. The van der Waals surface area contributed by atoms with E-state index in [1.54, 1.807) is 0 Å². The van der Waals surface area contributed by atoms with Gasteiger partial charge in [0.15, 0.2) is 0 Å². The van der Waals surface area contributed by atoms with Crippen LogP contribution in [0.25, 0.3) is 16.9 Å². The summed E-state index contributed by atoms with van der Waals surface area (Å²) in [6.45, 7) is 3.53. The van der Waals surface area contributed by atoms with Crippen molar-refractivity contribution >= 4 is 11.8 Å². The third-order valence-corrected chi connectivity index (χ3v) is 5.34. The van der Waals surface area contributed by atoms with E-state index in [9.17, 15) is 4.79 Å². The summed E-state index contributed by atoms with van der Waals surface area (Å²) in [6, 6.07) is 27.6. The van der Waals surface area contributed by atoms with Gasteiger partial charge in [-0.05, 0) is 31.2 Å². The van der Waals surface area contributed by atoms with Crippen molar-refractivity contribution in [1.82, 2.24) is 14.8 Å². The maximum atomic E-state index is 12.5. The van der Waals surface area contributed by atoms with Gasteiger partial charge >= 0.3 is 0 Å². The molecule has 5 rings (SSSR count). The second kappa shape index (κ2) is 8.15. The molecule has 1 atom stereocenters. The maximum Gasteiger partial charge on any atom is 0.243 e. The molecule has 0 radical (unpaired) electrons. The first-order valence-electron chi connectivity index (χ1n) is 10.4. The van der Waals surface area contributed by atoms with E-state index < -0.39 is 6.23 Å². The molecule has 1 amide bonds. The Hall–Kier alpha value is -4.19. The second-order valence-electron chi connectivity index (χ2n) is 7.68. The van der Waals surface area contributed by atoms with Gasteiger partial charge in [0, 0.05) is 24.2 Å². The SMILES string of the molecule is CC(=O)N1N=C(c2ccccc2)OC1c1cn(-c2ccccc2)nc1-c1ccc(C)cc1. The summed E-state index contributed by atoms with van der Waals surface area (Å²) >= 11 is 0. The zero-order valence-electron chi connectivity index (χ0n) is 17.8. The van der Waals surface area contributed by atoms with Gasteiger partial charge in [0.2, 0.25) is 18.0 Å². The summed E-state index contributed by atoms with van der Waals surface area (Å²) in [5, 5.41) is 10.7. The van der Waals surface area contributed by atoms with Gasteiger partial charge < -0.3 is 4.74 Å². The molecule has 0 bridgehead atoms. The fourth-order valence-electron chi connectivity index (χ4n) is 3.68. The molecular weight excluding hydrogens is 400 g/mol. The van der Waals surface area contributed by atoms with Crippen LogP contribution >= 0.6 is 0 Å². The third kappa shape index (κ3) is 3.67. The normalized spacial score (nSPS) is 15.4. The average Bonchev–Trinajstić information content (AvgIpc) is 3.46. The van der Waals surface area contributed by atoms with Crippen LogP contribution in [0.3, 0.4) is 0 Å². The number of aryl methyl sites for hydroxylation is 1. The number of ether oxygens (including phenoxy) is 1. The number of carbonyl (C=O) groups excluding carboxylic acids is 1. The van der Waals surface area contributed by atoms with Crippen molar-refractivity contribution in [3.63, 3.8) is 0 Å². The Labute approximate surface area is 186 Å². The molecule has 158 valence electrons. The fraction of sp³-hybridized carbons (Fsp3) is 0.115. The van der Waals surface area contributed by atoms with E-state index in [1.807, 2.05) is 103 Å². The topological polar surface area (TPSA) is 59.7 Å². The largest absolute Gasteiger partial charge is 0.446 e. The van der Waals surface area contributed by atoms with E-state index in [1.165, 1.54) is 11.9 Å². The van der Waals surface area contributed by atoms with E-state index in [-0.39, 0.29) is 5.91 Å². The number of nitrogens with zero attached hydrogens (tertiary/aromatic N) is 4. The Balaban J connectivity index is 1.62. The van der Waals surface area contributed by atoms with Crippen LogP contribution in [0.4, 0.5) is 0 Å². The molecule has 3 aromatic carbocycles. The predicted molar refractivity (Wildman–Crippen MR) is 123 cm³/mol. The van der Waals surface area contributed by atoms with Crippen LogP contribution in [0.5, 0.6) is 0 Å². The molecule has 32 heavy (non-hydrogen) atoms. The molecule has 2 heterocycles. The van der Waals surface area contributed by atoms with Crippen molar-refractivity contribution in [1.29, 1.82) is 0 Å². The van der Waals surface area contributed by atoms with Gasteiger partial charge in [-0.25, -0.2) is 4.68 Å². The van der Waals surface area contributed by atoms with E-state index in [0.29, 0.717) is 5.90 Å². The van der Waals surface area contributed by atoms with Crippen LogP contribution in [0.1, 0.15) is 29.8 Å². The minimum Gasteiger partial charge on any atom is -0.446 e. The first kappa shape index (κ1) is 19.8. The number of benzene rings is 3. The van der Waals surface area contributed by atoms with Crippen molar-refractivity contribution < 1.29 is 9.53 Å². The number of carbonyl (C=O) groups is 1. The molecular formula is C26H22N4O2. The molecule has 1 aliphatic heterocycles. The highest BCUT2D eigenvalue weighted by Crippen LogP contribution is 2.36. The number of amides is 1. The summed E-state index contributed by atoms with van der Waals surface area (Å²) in [5.41, 5.74) is 5.35. The first-order chi connectivity index (χ1) is 15.6. The molecule has 1 unspecified atom stereocenters. The number of hydrogen-bond acceptors (Lipinski definition) is 4. The van der Waals surface area contributed by atoms with E-state index in [4.69, 9.17) is 9.84 Å². The highest BCUT2D eigenvalue weighted by Gasteiger charge is 2.36. The van der Waals surface area contributed by atoms with E-state index >= 15 is 0 Å². The Bertz CT molecular complexity index is 1280. The average molecular weight is 422 g/mol. The highest BCUT2D eigenvalue weighted by atomic mass is 16.5. The molecule has 0 saturated heterocycles. The number of aromatic nitrogens is 2. The number of rotatable bonds is 4. The highest BCUT2D eigenvalue weighted by molar-refractivity contribution is 5.96. The van der Waals surface area contributed by atoms with E-state index in [2.05, 4.69) is 5.10 Å². The molecule has 1 aliphatic rings. The Morgan fingerprint density at radius 3 is 2.19 bits per heavy atom. The van der Waals surface area contributed by atoms with Gasteiger partial charge in [0.1, 0.15) is 5.69 Å². The first-order valence-corrected chi connectivity index (χ1v) is 10.4. The fourth-order valence-corrected chi connectivity index (χ4v) is 3.68. The lowest BCUT2D eigenvalue weighted by Gasteiger charge is -2.19. The zero-order chi connectivity index (χ0) is 22.1. The molecule has 6 heteroatoms. The molecule has 0 aliphatic carbocycles. The zero-order valence-corrected chi connectivity index (χ0v) is 17.8. The van der Waals surface area contributed by atoms with Crippen LogP contribution in [-0.4, -0.2) is 26.6 Å².